The minimum absolute atomic E-state index is 0.0396. The number of likely N-dealkylation sites (tertiary alicyclic amines) is 1. The maximum Gasteiger partial charge on any atom is 0.407 e. The number of rotatable bonds is 6. The third-order valence-corrected chi connectivity index (χ3v) is 4.31. The fourth-order valence-corrected chi connectivity index (χ4v) is 2.98. The minimum atomic E-state index is -1.20. The summed E-state index contributed by atoms with van der Waals surface area (Å²) >= 11 is 1.12. The number of carbonyl (C=O) groups is 4. The summed E-state index contributed by atoms with van der Waals surface area (Å²) in [5.74, 6) is -1.08. The second-order valence-electron chi connectivity index (χ2n) is 6.66. The molecule has 8 nitrogen and oxygen atoms in total. The van der Waals surface area contributed by atoms with Crippen molar-refractivity contribution in [2.24, 2.45) is 5.92 Å². The Labute approximate surface area is 145 Å². The molecule has 1 saturated heterocycles. The zero-order chi connectivity index (χ0) is 18.5. The van der Waals surface area contributed by atoms with Gasteiger partial charge in [0.25, 0.3) is 0 Å². The number of hydrogen-bond acceptors (Lipinski definition) is 6. The van der Waals surface area contributed by atoms with Crippen LogP contribution in [0.2, 0.25) is 0 Å². The highest BCUT2D eigenvalue weighted by molar-refractivity contribution is 8.13. The molecule has 0 bridgehead atoms. The number of ether oxygens (including phenoxy) is 1. The fraction of sp³-hybridized carbons (Fsp3) is 0.733. The summed E-state index contributed by atoms with van der Waals surface area (Å²) in [6, 6.07) is -1.16. The molecule has 0 spiro atoms. The maximum atomic E-state index is 12.1. The number of carbonyl (C=O) groups excluding carboxylic acids is 3. The van der Waals surface area contributed by atoms with Crippen LogP contribution in [-0.2, 0) is 19.1 Å². The predicted octanol–water partition coefficient (Wildman–Crippen LogP) is 1.09. The molecule has 0 saturated carbocycles. The Balaban J connectivity index is 2.61. The van der Waals surface area contributed by atoms with Gasteiger partial charge in [0.2, 0.25) is 5.91 Å². The molecule has 2 N–H and O–H groups in total. The van der Waals surface area contributed by atoms with E-state index in [4.69, 9.17) is 4.74 Å². The quantitative estimate of drug-likeness (QED) is 0.729. The highest BCUT2D eigenvalue weighted by atomic mass is 32.2. The molecule has 0 aromatic rings. The van der Waals surface area contributed by atoms with Crippen LogP contribution in [0.15, 0.2) is 0 Å². The smallest absolute Gasteiger partial charge is 0.407 e. The highest BCUT2D eigenvalue weighted by Crippen LogP contribution is 2.24. The van der Waals surface area contributed by atoms with E-state index in [1.165, 1.54) is 11.8 Å². The first kappa shape index (κ1) is 20.3. The summed E-state index contributed by atoms with van der Waals surface area (Å²) < 4.78 is 5.06. The van der Waals surface area contributed by atoms with Gasteiger partial charge in [-0.05, 0) is 26.7 Å². The van der Waals surface area contributed by atoms with Gasteiger partial charge in [-0.15, -0.1) is 0 Å². The maximum absolute atomic E-state index is 12.1. The number of nitrogens with zero attached hydrogens (tertiary/aromatic N) is 1. The van der Waals surface area contributed by atoms with E-state index in [0.29, 0.717) is 5.75 Å². The van der Waals surface area contributed by atoms with Crippen LogP contribution >= 0.6 is 11.8 Å². The SMILES string of the molecule is CC(=O)SCC1CC(=O)N([C@H](CNC(=O)OC(C)(C)C)C(=O)O)C1. The van der Waals surface area contributed by atoms with E-state index >= 15 is 0 Å². The second kappa shape index (κ2) is 8.36. The Bertz CT molecular complexity index is 517. The van der Waals surface area contributed by atoms with Crippen molar-refractivity contribution in [3.63, 3.8) is 0 Å². The molecule has 1 fully saturated rings. The monoisotopic (exact) mass is 360 g/mol. The molecule has 0 radical (unpaired) electrons. The average molecular weight is 360 g/mol. The Kier molecular flexibility index (Phi) is 7.07. The standard InChI is InChI=1S/C15H24N2O6S/c1-9(18)24-8-10-5-12(19)17(7-10)11(13(20)21)6-16-14(22)23-15(2,3)4/h10-11H,5-8H2,1-4H3,(H,16,22)(H,20,21)/t10?,11-/m1/s1. The molecule has 0 aromatic carbocycles. The summed E-state index contributed by atoms with van der Waals surface area (Å²) in [5.41, 5.74) is -0.693. The van der Waals surface area contributed by atoms with Gasteiger partial charge >= 0.3 is 12.1 Å². The number of aliphatic carboxylic acids is 1. The Morgan fingerprint density at radius 2 is 2.04 bits per heavy atom. The number of thioether (sulfide) groups is 1. The average Bonchev–Trinajstić information content (AvgIpc) is 2.75. The van der Waals surface area contributed by atoms with Gasteiger partial charge in [0.1, 0.15) is 11.6 Å². The summed E-state index contributed by atoms with van der Waals surface area (Å²) in [7, 11) is 0. The van der Waals surface area contributed by atoms with E-state index in [1.807, 2.05) is 0 Å². The molecule has 0 aromatic heterocycles. The molecule has 136 valence electrons. The molecule has 2 atom stereocenters. The molecule has 9 heteroatoms. The lowest BCUT2D eigenvalue weighted by atomic mass is 10.1. The number of hydrogen-bond donors (Lipinski definition) is 2. The van der Waals surface area contributed by atoms with Crippen molar-refractivity contribution < 1.29 is 29.0 Å². The third-order valence-electron chi connectivity index (χ3n) is 3.26. The first-order valence-electron chi connectivity index (χ1n) is 7.62. The van der Waals surface area contributed by atoms with Crippen molar-refractivity contribution in [2.75, 3.05) is 18.8 Å². The Morgan fingerprint density at radius 3 is 2.54 bits per heavy atom. The Hall–Kier alpha value is -1.77. The van der Waals surface area contributed by atoms with Crippen LogP contribution in [0, 0.1) is 5.92 Å². The molecule has 0 aliphatic carbocycles. The molecule has 1 aliphatic rings. The lowest BCUT2D eigenvalue weighted by Crippen LogP contribution is -2.50. The molecule has 1 rings (SSSR count). The largest absolute Gasteiger partial charge is 0.480 e. The molecule has 2 amide bonds. The van der Waals surface area contributed by atoms with Gasteiger partial charge in [0.05, 0.1) is 6.54 Å². The van der Waals surface area contributed by atoms with Gasteiger partial charge < -0.3 is 20.1 Å². The van der Waals surface area contributed by atoms with Crippen LogP contribution in [0.5, 0.6) is 0 Å². The van der Waals surface area contributed by atoms with Crippen LogP contribution in [0.3, 0.4) is 0 Å². The van der Waals surface area contributed by atoms with Crippen molar-refractivity contribution in [2.45, 2.75) is 45.8 Å². The number of carboxylic acid groups (broad SMARTS) is 1. The van der Waals surface area contributed by atoms with Crippen molar-refractivity contribution >= 4 is 34.8 Å². The lowest BCUT2D eigenvalue weighted by molar-refractivity contribution is -0.148. The topological polar surface area (TPSA) is 113 Å². The van der Waals surface area contributed by atoms with Gasteiger partial charge in [0, 0.05) is 25.6 Å². The third kappa shape index (κ3) is 6.77. The van der Waals surface area contributed by atoms with Gasteiger partial charge in [-0.2, -0.15) is 0 Å². The van der Waals surface area contributed by atoms with Crippen LogP contribution in [0.25, 0.3) is 0 Å². The van der Waals surface area contributed by atoms with Gasteiger partial charge in [-0.25, -0.2) is 9.59 Å². The second-order valence-corrected chi connectivity index (χ2v) is 7.85. The van der Waals surface area contributed by atoms with E-state index in [-0.39, 0.29) is 36.5 Å². The zero-order valence-corrected chi connectivity index (χ0v) is 15.1. The zero-order valence-electron chi connectivity index (χ0n) is 14.3. The molecule has 24 heavy (non-hydrogen) atoms. The van der Waals surface area contributed by atoms with Crippen LogP contribution in [0.1, 0.15) is 34.1 Å². The van der Waals surface area contributed by atoms with Gasteiger partial charge in [-0.1, -0.05) is 11.8 Å². The van der Waals surface area contributed by atoms with E-state index in [1.54, 1.807) is 20.8 Å². The van der Waals surface area contributed by atoms with E-state index in [2.05, 4.69) is 5.32 Å². The van der Waals surface area contributed by atoms with E-state index in [0.717, 1.165) is 11.8 Å². The van der Waals surface area contributed by atoms with Crippen LogP contribution < -0.4 is 5.32 Å². The van der Waals surface area contributed by atoms with Crippen molar-refractivity contribution in [1.82, 2.24) is 10.2 Å². The van der Waals surface area contributed by atoms with Crippen molar-refractivity contribution in [3.05, 3.63) is 0 Å². The van der Waals surface area contributed by atoms with Crippen molar-refractivity contribution in [1.29, 1.82) is 0 Å². The lowest BCUT2D eigenvalue weighted by Gasteiger charge is -2.26. The highest BCUT2D eigenvalue weighted by Gasteiger charge is 2.38. The minimum Gasteiger partial charge on any atom is -0.480 e. The molecule has 1 heterocycles. The molecular formula is C15H24N2O6S. The van der Waals surface area contributed by atoms with Gasteiger partial charge in [-0.3, -0.25) is 9.59 Å². The van der Waals surface area contributed by atoms with E-state index in [9.17, 15) is 24.3 Å². The normalized spacial score (nSPS) is 19.1. The summed E-state index contributed by atoms with van der Waals surface area (Å²) in [6.45, 7) is 6.56. The summed E-state index contributed by atoms with van der Waals surface area (Å²) in [5, 5.41) is 11.7. The molecule has 1 unspecified atom stereocenters. The van der Waals surface area contributed by atoms with E-state index < -0.39 is 23.7 Å². The fourth-order valence-electron chi connectivity index (χ4n) is 2.28. The van der Waals surface area contributed by atoms with Crippen LogP contribution in [-0.4, -0.2) is 63.6 Å². The molecular weight excluding hydrogens is 336 g/mol. The number of amides is 2. The number of carboxylic acids is 1. The van der Waals surface area contributed by atoms with Crippen molar-refractivity contribution in [3.8, 4) is 0 Å². The van der Waals surface area contributed by atoms with Gasteiger partial charge in [0.15, 0.2) is 5.12 Å². The number of alkyl carbamates (subject to hydrolysis) is 1. The predicted molar refractivity (Wildman–Crippen MR) is 88.6 cm³/mol. The summed E-state index contributed by atoms with van der Waals surface area (Å²) in [6.07, 6.45) is -0.527. The number of nitrogens with one attached hydrogen (secondary N) is 1. The Morgan fingerprint density at radius 1 is 1.42 bits per heavy atom. The van der Waals surface area contributed by atoms with Crippen LogP contribution in [0.4, 0.5) is 4.79 Å². The molecule has 1 aliphatic heterocycles. The first-order chi connectivity index (χ1) is 11.0. The first-order valence-corrected chi connectivity index (χ1v) is 8.60. The summed E-state index contributed by atoms with van der Waals surface area (Å²) in [4.78, 5) is 47.4.